The highest BCUT2D eigenvalue weighted by Gasteiger charge is 2.23. The van der Waals surface area contributed by atoms with Gasteiger partial charge in [0.05, 0.1) is 12.7 Å². The van der Waals surface area contributed by atoms with Gasteiger partial charge in [0, 0.05) is 26.2 Å². The Kier molecular flexibility index (Phi) is 4.03. The molecular formula is C15H19N3O3S. The van der Waals surface area contributed by atoms with Crippen molar-refractivity contribution in [2.75, 3.05) is 6.54 Å². The lowest BCUT2D eigenvalue weighted by atomic mass is 9.99. The van der Waals surface area contributed by atoms with E-state index in [1.54, 1.807) is 18.5 Å². The fraction of sp³-hybridized carbons (Fsp3) is 0.400. The molecule has 0 unspecified atom stereocenters. The fourth-order valence-corrected chi connectivity index (χ4v) is 3.58. The number of fused-ring (bicyclic) bond motifs is 1. The Morgan fingerprint density at radius 3 is 2.77 bits per heavy atom. The van der Waals surface area contributed by atoms with Gasteiger partial charge in [-0.05, 0) is 18.1 Å². The molecule has 0 aliphatic carbocycles. The Balaban J connectivity index is 1.66. The molecule has 0 fully saturated rings. The normalized spacial score (nSPS) is 18.2. The van der Waals surface area contributed by atoms with Crippen molar-refractivity contribution in [2.24, 2.45) is 7.05 Å². The summed E-state index contributed by atoms with van der Waals surface area (Å²) < 4.78 is 34.5. The molecule has 1 N–H and O–H groups in total. The Morgan fingerprint density at radius 2 is 2.09 bits per heavy atom. The average molecular weight is 321 g/mol. The summed E-state index contributed by atoms with van der Waals surface area (Å²) in [4.78, 5) is 4.05. The Bertz CT molecular complexity index is 764. The third-order valence-electron chi connectivity index (χ3n) is 3.90. The summed E-state index contributed by atoms with van der Waals surface area (Å²) in [5.41, 5.74) is 2.38. The van der Waals surface area contributed by atoms with Crippen molar-refractivity contribution < 1.29 is 13.2 Å². The minimum Gasteiger partial charge on any atom is -0.372 e. The summed E-state index contributed by atoms with van der Waals surface area (Å²) in [5, 5.41) is 0.0451. The zero-order chi connectivity index (χ0) is 15.7. The minimum atomic E-state index is -3.60. The number of imidazole rings is 1. The number of rotatable bonds is 4. The first-order chi connectivity index (χ1) is 10.5. The van der Waals surface area contributed by atoms with E-state index in [2.05, 4.69) is 15.8 Å². The van der Waals surface area contributed by atoms with Crippen LogP contribution >= 0.6 is 0 Å². The summed E-state index contributed by atoms with van der Waals surface area (Å²) in [7, 11) is -1.83. The molecule has 0 amide bonds. The lowest BCUT2D eigenvalue weighted by molar-refractivity contribution is 0.0322. The number of aryl methyl sites for hydroxylation is 2. The van der Waals surface area contributed by atoms with E-state index in [-0.39, 0.29) is 17.7 Å². The first kappa shape index (κ1) is 15.2. The van der Waals surface area contributed by atoms with E-state index in [0.717, 1.165) is 0 Å². The summed E-state index contributed by atoms with van der Waals surface area (Å²) in [6.45, 7) is 2.53. The van der Waals surface area contributed by atoms with Gasteiger partial charge in [-0.25, -0.2) is 18.1 Å². The number of sulfonamides is 1. The maximum absolute atomic E-state index is 12.2. The third kappa shape index (κ3) is 3.06. The van der Waals surface area contributed by atoms with Crippen LogP contribution in [0.3, 0.4) is 0 Å². The van der Waals surface area contributed by atoms with E-state index in [4.69, 9.17) is 4.74 Å². The molecule has 118 valence electrons. The molecule has 0 radical (unpaired) electrons. The average Bonchev–Trinajstić information content (AvgIpc) is 2.85. The van der Waals surface area contributed by atoms with E-state index < -0.39 is 10.0 Å². The maximum atomic E-state index is 12.2. The zero-order valence-corrected chi connectivity index (χ0v) is 13.4. The molecule has 7 heteroatoms. The van der Waals surface area contributed by atoms with Crippen molar-refractivity contribution in [2.45, 2.75) is 31.1 Å². The van der Waals surface area contributed by atoms with Crippen molar-refractivity contribution in [1.82, 2.24) is 14.3 Å². The second kappa shape index (κ2) is 5.83. The van der Waals surface area contributed by atoms with Crippen LogP contribution in [-0.4, -0.2) is 30.6 Å². The molecule has 22 heavy (non-hydrogen) atoms. The Hall–Kier alpha value is -1.70. The van der Waals surface area contributed by atoms with Crippen molar-refractivity contribution in [1.29, 1.82) is 0 Å². The molecule has 1 atom stereocenters. The smallest absolute Gasteiger partial charge is 0.259 e. The van der Waals surface area contributed by atoms with E-state index in [9.17, 15) is 8.42 Å². The lowest BCUT2D eigenvalue weighted by Crippen LogP contribution is -2.36. The molecule has 1 aliphatic heterocycles. The van der Waals surface area contributed by atoms with E-state index >= 15 is 0 Å². The number of ether oxygens (including phenoxy) is 1. The van der Waals surface area contributed by atoms with Gasteiger partial charge in [0.2, 0.25) is 0 Å². The maximum Gasteiger partial charge on any atom is 0.259 e. The van der Waals surface area contributed by atoms with Crippen LogP contribution in [0.15, 0.2) is 35.5 Å². The molecule has 1 aromatic carbocycles. The van der Waals surface area contributed by atoms with Crippen LogP contribution in [-0.2, 0) is 34.8 Å². The van der Waals surface area contributed by atoms with E-state index in [0.29, 0.717) is 18.9 Å². The first-order valence-electron chi connectivity index (χ1n) is 7.14. The third-order valence-corrected chi connectivity index (χ3v) is 5.20. The molecule has 1 aromatic heterocycles. The summed E-state index contributed by atoms with van der Waals surface area (Å²) in [6, 6.07) is 8.06. The molecule has 0 spiro atoms. The van der Waals surface area contributed by atoms with Gasteiger partial charge >= 0.3 is 0 Å². The van der Waals surface area contributed by atoms with Gasteiger partial charge in [-0.3, -0.25) is 0 Å². The van der Waals surface area contributed by atoms with Crippen LogP contribution < -0.4 is 4.72 Å². The number of nitrogens with zero attached hydrogens (tertiary/aromatic N) is 2. The van der Waals surface area contributed by atoms with Gasteiger partial charge in [-0.1, -0.05) is 24.3 Å². The van der Waals surface area contributed by atoms with Crippen LogP contribution in [0.5, 0.6) is 0 Å². The van der Waals surface area contributed by atoms with Crippen molar-refractivity contribution in [3.8, 4) is 0 Å². The SMILES string of the molecule is Cc1nc(S(=O)(=O)NC[C@H]2Cc3ccccc3CO2)cn1C. The van der Waals surface area contributed by atoms with Crippen LogP contribution in [0, 0.1) is 6.92 Å². The molecule has 1 aliphatic rings. The van der Waals surface area contributed by atoms with Gasteiger partial charge in [0.1, 0.15) is 5.82 Å². The predicted molar refractivity (Wildman–Crippen MR) is 81.9 cm³/mol. The molecule has 2 aromatic rings. The second-order valence-electron chi connectivity index (χ2n) is 5.50. The van der Waals surface area contributed by atoms with Crippen LogP contribution in [0.1, 0.15) is 17.0 Å². The summed E-state index contributed by atoms with van der Waals surface area (Å²) in [5.74, 6) is 0.656. The molecule has 3 rings (SSSR count). The Labute approximate surface area is 130 Å². The van der Waals surface area contributed by atoms with Gasteiger partial charge in [-0.15, -0.1) is 0 Å². The second-order valence-corrected chi connectivity index (χ2v) is 7.21. The largest absolute Gasteiger partial charge is 0.372 e. The highest BCUT2D eigenvalue weighted by Crippen LogP contribution is 2.20. The van der Waals surface area contributed by atoms with Crippen LogP contribution in [0.4, 0.5) is 0 Å². The molecular weight excluding hydrogens is 302 g/mol. The van der Waals surface area contributed by atoms with Crippen molar-refractivity contribution in [3.05, 3.63) is 47.4 Å². The fourth-order valence-electron chi connectivity index (χ4n) is 2.47. The molecule has 0 saturated carbocycles. The minimum absolute atomic E-state index is 0.0451. The topological polar surface area (TPSA) is 73.2 Å². The number of nitrogens with one attached hydrogen (secondary N) is 1. The van der Waals surface area contributed by atoms with Gasteiger partial charge in [0.15, 0.2) is 5.03 Å². The number of hydrogen-bond acceptors (Lipinski definition) is 4. The summed E-state index contributed by atoms with van der Waals surface area (Å²) >= 11 is 0. The highest BCUT2D eigenvalue weighted by atomic mass is 32.2. The molecule has 0 bridgehead atoms. The van der Waals surface area contributed by atoms with Gasteiger partial charge in [0.25, 0.3) is 10.0 Å². The van der Waals surface area contributed by atoms with Crippen LogP contribution in [0.2, 0.25) is 0 Å². The summed E-state index contributed by atoms with van der Waals surface area (Å²) in [6.07, 6.45) is 2.06. The molecule has 6 nitrogen and oxygen atoms in total. The van der Waals surface area contributed by atoms with Gasteiger partial charge in [-0.2, -0.15) is 0 Å². The number of benzene rings is 1. The first-order valence-corrected chi connectivity index (χ1v) is 8.62. The molecule has 0 saturated heterocycles. The molecule has 2 heterocycles. The van der Waals surface area contributed by atoms with Crippen molar-refractivity contribution in [3.63, 3.8) is 0 Å². The van der Waals surface area contributed by atoms with E-state index in [1.807, 2.05) is 18.2 Å². The zero-order valence-electron chi connectivity index (χ0n) is 12.6. The standard InChI is InChI=1S/C15H19N3O3S/c1-11-17-15(9-18(11)2)22(19,20)16-8-14-7-12-5-3-4-6-13(12)10-21-14/h3-6,9,14,16H,7-8,10H2,1-2H3/t14-/m1/s1. The monoisotopic (exact) mass is 321 g/mol. The lowest BCUT2D eigenvalue weighted by Gasteiger charge is -2.25. The van der Waals surface area contributed by atoms with E-state index in [1.165, 1.54) is 17.3 Å². The predicted octanol–water partition coefficient (Wildman–Crippen LogP) is 1.15. The van der Waals surface area contributed by atoms with Crippen molar-refractivity contribution >= 4 is 10.0 Å². The number of hydrogen-bond donors (Lipinski definition) is 1. The highest BCUT2D eigenvalue weighted by molar-refractivity contribution is 7.89. The van der Waals surface area contributed by atoms with Gasteiger partial charge < -0.3 is 9.30 Å². The Morgan fingerprint density at radius 1 is 1.36 bits per heavy atom. The number of aromatic nitrogens is 2. The van der Waals surface area contributed by atoms with Crippen LogP contribution in [0.25, 0.3) is 0 Å². The quantitative estimate of drug-likeness (QED) is 0.917.